The fourth-order valence-corrected chi connectivity index (χ4v) is 2.53. The van der Waals surface area contributed by atoms with Crippen LogP contribution in [0.1, 0.15) is 29.5 Å². The van der Waals surface area contributed by atoms with E-state index in [2.05, 4.69) is 31.3 Å². The average Bonchev–Trinajstić information content (AvgIpc) is 3.28. The Kier molecular flexibility index (Phi) is 4.18. The number of para-hydroxylation sites is 1. The van der Waals surface area contributed by atoms with Gasteiger partial charge in [0.1, 0.15) is 5.75 Å². The van der Waals surface area contributed by atoms with Crippen molar-refractivity contribution < 1.29 is 4.74 Å². The second-order valence-electron chi connectivity index (χ2n) is 5.68. The van der Waals surface area contributed by atoms with Crippen LogP contribution in [0.3, 0.4) is 0 Å². The number of ether oxygens (including phenoxy) is 1. The van der Waals surface area contributed by atoms with Crippen LogP contribution in [0.5, 0.6) is 11.5 Å². The van der Waals surface area contributed by atoms with Gasteiger partial charge in [-0.15, -0.1) is 0 Å². The van der Waals surface area contributed by atoms with E-state index >= 15 is 0 Å². The molecule has 0 bridgehead atoms. The van der Waals surface area contributed by atoms with Gasteiger partial charge < -0.3 is 10.1 Å². The molecule has 0 saturated heterocycles. The van der Waals surface area contributed by atoms with E-state index in [-0.39, 0.29) is 0 Å². The highest BCUT2D eigenvalue weighted by atomic mass is 35.5. The third-order valence-corrected chi connectivity index (χ3v) is 4.27. The molecule has 2 nitrogen and oxygen atoms in total. The summed E-state index contributed by atoms with van der Waals surface area (Å²) in [6.07, 6.45) is 2.54. The monoisotopic (exact) mass is 301 g/mol. The number of hydrogen-bond donors (Lipinski definition) is 1. The van der Waals surface area contributed by atoms with Gasteiger partial charge in [0.2, 0.25) is 0 Å². The second kappa shape index (κ2) is 6.08. The van der Waals surface area contributed by atoms with Crippen LogP contribution in [-0.2, 0) is 6.54 Å². The smallest absolute Gasteiger partial charge is 0.150 e. The maximum atomic E-state index is 6.35. The van der Waals surface area contributed by atoms with Crippen molar-refractivity contribution >= 4 is 11.6 Å². The fourth-order valence-electron chi connectivity index (χ4n) is 2.29. The molecule has 0 amide bonds. The van der Waals surface area contributed by atoms with Crippen LogP contribution in [0.4, 0.5) is 0 Å². The van der Waals surface area contributed by atoms with E-state index in [0.717, 1.165) is 29.2 Å². The lowest BCUT2D eigenvalue weighted by atomic mass is 10.1. The van der Waals surface area contributed by atoms with Crippen LogP contribution in [0, 0.1) is 13.8 Å². The Morgan fingerprint density at radius 2 is 1.90 bits per heavy atom. The molecule has 0 radical (unpaired) electrons. The topological polar surface area (TPSA) is 21.3 Å². The molecule has 1 aliphatic rings. The number of hydrogen-bond acceptors (Lipinski definition) is 2. The average molecular weight is 302 g/mol. The van der Waals surface area contributed by atoms with Gasteiger partial charge in [-0.05, 0) is 49.9 Å². The quantitative estimate of drug-likeness (QED) is 0.839. The summed E-state index contributed by atoms with van der Waals surface area (Å²) in [5.41, 5.74) is 3.48. The molecule has 3 rings (SSSR count). The molecule has 0 unspecified atom stereocenters. The Hall–Kier alpha value is -1.51. The zero-order chi connectivity index (χ0) is 14.8. The first kappa shape index (κ1) is 14.4. The maximum absolute atomic E-state index is 6.35. The third-order valence-electron chi connectivity index (χ3n) is 3.97. The first-order chi connectivity index (χ1) is 10.1. The molecule has 21 heavy (non-hydrogen) atoms. The Balaban J connectivity index is 1.87. The van der Waals surface area contributed by atoms with Gasteiger partial charge in [-0.1, -0.05) is 35.9 Å². The number of rotatable bonds is 5. The molecule has 1 saturated carbocycles. The minimum atomic E-state index is 0.658. The van der Waals surface area contributed by atoms with E-state index in [9.17, 15) is 0 Å². The lowest BCUT2D eigenvalue weighted by Gasteiger charge is -2.15. The number of halogens is 1. The Morgan fingerprint density at radius 3 is 2.67 bits per heavy atom. The molecular weight excluding hydrogens is 282 g/mol. The molecule has 2 aromatic rings. The van der Waals surface area contributed by atoms with Crippen molar-refractivity contribution in [2.45, 2.75) is 39.3 Å². The predicted molar refractivity (Wildman–Crippen MR) is 87.3 cm³/mol. The number of nitrogens with one attached hydrogen (secondary N) is 1. The van der Waals surface area contributed by atoms with E-state index in [1.54, 1.807) is 0 Å². The van der Waals surface area contributed by atoms with Gasteiger partial charge in [-0.3, -0.25) is 0 Å². The summed E-state index contributed by atoms with van der Waals surface area (Å²) in [6.45, 7) is 4.96. The van der Waals surface area contributed by atoms with E-state index in [1.807, 2.05) is 24.3 Å². The summed E-state index contributed by atoms with van der Waals surface area (Å²) >= 11 is 6.35. The molecule has 0 spiro atoms. The Labute approximate surface area is 131 Å². The minimum Gasteiger partial charge on any atom is -0.455 e. The summed E-state index contributed by atoms with van der Waals surface area (Å²) in [5, 5.41) is 4.17. The van der Waals surface area contributed by atoms with Gasteiger partial charge in [-0.2, -0.15) is 0 Å². The first-order valence-corrected chi connectivity index (χ1v) is 7.78. The largest absolute Gasteiger partial charge is 0.455 e. The molecule has 0 aromatic heterocycles. The van der Waals surface area contributed by atoms with Crippen LogP contribution in [0.25, 0.3) is 0 Å². The highest BCUT2D eigenvalue weighted by Crippen LogP contribution is 2.35. The molecule has 0 heterocycles. The normalized spacial score (nSPS) is 14.2. The van der Waals surface area contributed by atoms with Crippen molar-refractivity contribution in [3.63, 3.8) is 0 Å². The van der Waals surface area contributed by atoms with Crippen molar-refractivity contribution in [3.8, 4) is 11.5 Å². The highest BCUT2D eigenvalue weighted by Gasteiger charge is 2.21. The molecule has 2 aromatic carbocycles. The standard InChI is InChI=1S/C18H20ClNO/c1-12-5-3-8-17(13(12)2)21-18-14(6-4-7-16(18)19)11-20-15-9-10-15/h3-8,15,20H,9-11H2,1-2H3. The van der Waals surface area contributed by atoms with E-state index in [0.29, 0.717) is 11.1 Å². The van der Waals surface area contributed by atoms with Crippen LogP contribution < -0.4 is 10.1 Å². The summed E-state index contributed by atoms with van der Waals surface area (Å²) in [7, 11) is 0. The maximum Gasteiger partial charge on any atom is 0.150 e. The molecular formula is C18H20ClNO. The van der Waals surface area contributed by atoms with Crippen molar-refractivity contribution in [2.75, 3.05) is 0 Å². The van der Waals surface area contributed by atoms with E-state index in [1.165, 1.54) is 18.4 Å². The summed E-state index contributed by atoms with van der Waals surface area (Å²) in [4.78, 5) is 0. The van der Waals surface area contributed by atoms with Gasteiger partial charge in [0.05, 0.1) is 5.02 Å². The van der Waals surface area contributed by atoms with Crippen LogP contribution >= 0.6 is 11.6 Å². The molecule has 110 valence electrons. The number of benzene rings is 2. The molecule has 0 aliphatic heterocycles. The minimum absolute atomic E-state index is 0.658. The van der Waals surface area contributed by atoms with Crippen molar-refractivity contribution in [1.82, 2.24) is 5.32 Å². The van der Waals surface area contributed by atoms with Crippen LogP contribution in [0.2, 0.25) is 5.02 Å². The number of aryl methyl sites for hydroxylation is 1. The lowest BCUT2D eigenvalue weighted by Crippen LogP contribution is -2.15. The van der Waals surface area contributed by atoms with Gasteiger partial charge >= 0.3 is 0 Å². The van der Waals surface area contributed by atoms with E-state index < -0.39 is 0 Å². The highest BCUT2D eigenvalue weighted by molar-refractivity contribution is 6.32. The summed E-state index contributed by atoms with van der Waals surface area (Å²) < 4.78 is 6.13. The third kappa shape index (κ3) is 3.39. The Morgan fingerprint density at radius 1 is 1.14 bits per heavy atom. The fraction of sp³-hybridized carbons (Fsp3) is 0.333. The zero-order valence-corrected chi connectivity index (χ0v) is 13.2. The second-order valence-corrected chi connectivity index (χ2v) is 6.09. The molecule has 1 N–H and O–H groups in total. The first-order valence-electron chi connectivity index (χ1n) is 7.40. The molecule has 0 atom stereocenters. The lowest BCUT2D eigenvalue weighted by molar-refractivity contribution is 0.469. The van der Waals surface area contributed by atoms with E-state index in [4.69, 9.17) is 16.3 Å². The van der Waals surface area contributed by atoms with Crippen molar-refractivity contribution in [3.05, 3.63) is 58.1 Å². The zero-order valence-electron chi connectivity index (χ0n) is 12.4. The van der Waals surface area contributed by atoms with Crippen LogP contribution in [-0.4, -0.2) is 6.04 Å². The molecule has 1 aliphatic carbocycles. The van der Waals surface area contributed by atoms with Crippen molar-refractivity contribution in [1.29, 1.82) is 0 Å². The Bertz CT molecular complexity index is 650. The molecule has 3 heteroatoms. The van der Waals surface area contributed by atoms with Gasteiger partial charge in [0.15, 0.2) is 5.75 Å². The van der Waals surface area contributed by atoms with Gasteiger partial charge in [0, 0.05) is 18.2 Å². The summed E-state index contributed by atoms with van der Waals surface area (Å²) in [5.74, 6) is 1.64. The van der Waals surface area contributed by atoms with Gasteiger partial charge in [0.25, 0.3) is 0 Å². The van der Waals surface area contributed by atoms with Crippen LogP contribution in [0.15, 0.2) is 36.4 Å². The summed E-state index contributed by atoms with van der Waals surface area (Å²) in [6, 6.07) is 12.7. The SMILES string of the molecule is Cc1cccc(Oc2c(Cl)cccc2CNC2CC2)c1C. The van der Waals surface area contributed by atoms with Gasteiger partial charge in [-0.25, -0.2) is 0 Å². The molecule has 1 fully saturated rings. The predicted octanol–water partition coefficient (Wildman–Crippen LogP) is 5.00. The van der Waals surface area contributed by atoms with Crippen molar-refractivity contribution in [2.24, 2.45) is 0 Å².